The summed E-state index contributed by atoms with van der Waals surface area (Å²) in [4.78, 5) is 31.2. The molecule has 3 heterocycles. The first-order valence-electron chi connectivity index (χ1n) is 12.6. The Balaban J connectivity index is 1.19. The molecule has 1 aromatic heterocycles. The number of amides is 1. The second-order valence-corrected chi connectivity index (χ2v) is 10.2. The summed E-state index contributed by atoms with van der Waals surface area (Å²) in [5, 5.41) is 15.5. The number of nitrogens with zero attached hydrogens (tertiary/aromatic N) is 2. The quantitative estimate of drug-likeness (QED) is 0.503. The van der Waals surface area contributed by atoms with Gasteiger partial charge in [0.15, 0.2) is 0 Å². The van der Waals surface area contributed by atoms with Crippen LogP contribution in [-0.4, -0.2) is 65.0 Å². The van der Waals surface area contributed by atoms with E-state index in [1.54, 1.807) is 0 Å². The molecule has 7 nitrogen and oxygen atoms in total. The average Bonchev–Trinajstić information content (AvgIpc) is 3.27. The Labute approximate surface area is 199 Å². The van der Waals surface area contributed by atoms with Crippen LogP contribution in [0, 0.1) is 11.8 Å². The Morgan fingerprint density at radius 2 is 2.06 bits per heavy atom. The van der Waals surface area contributed by atoms with Gasteiger partial charge in [0.2, 0.25) is 11.8 Å². The highest BCUT2D eigenvalue weighted by atomic mass is 19.3. The van der Waals surface area contributed by atoms with Crippen molar-refractivity contribution in [2.75, 3.05) is 31.5 Å². The number of fused-ring (bicyclic) bond motifs is 1. The minimum Gasteiger partial charge on any atom is -0.480 e. The second-order valence-electron chi connectivity index (χ2n) is 10.2. The monoisotopic (exact) mass is 478 g/mol. The first kappa shape index (κ1) is 24.8. The van der Waals surface area contributed by atoms with E-state index in [0.717, 1.165) is 63.3 Å². The molecular weight excluding hydrogens is 442 g/mol. The lowest BCUT2D eigenvalue weighted by Gasteiger charge is -2.28. The van der Waals surface area contributed by atoms with E-state index in [1.165, 1.54) is 5.56 Å². The molecule has 0 aromatic carbocycles. The van der Waals surface area contributed by atoms with E-state index in [0.29, 0.717) is 18.9 Å². The molecule has 0 radical (unpaired) electrons. The van der Waals surface area contributed by atoms with Gasteiger partial charge in [-0.2, -0.15) is 0 Å². The van der Waals surface area contributed by atoms with Crippen molar-refractivity contribution in [3.8, 4) is 0 Å². The molecule has 2 fully saturated rings. The van der Waals surface area contributed by atoms with Crippen LogP contribution >= 0.6 is 0 Å². The fraction of sp³-hybridized carbons (Fsp3) is 0.720. The summed E-state index contributed by atoms with van der Waals surface area (Å²) < 4.78 is 26.7. The van der Waals surface area contributed by atoms with E-state index in [9.17, 15) is 23.5 Å². The van der Waals surface area contributed by atoms with Crippen LogP contribution < -0.4 is 10.6 Å². The number of carboxylic acid groups (broad SMARTS) is 1. The van der Waals surface area contributed by atoms with Crippen LogP contribution in [-0.2, 0) is 22.4 Å². The van der Waals surface area contributed by atoms with Gasteiger partial charge in [0.05, 0.1) is 0 Å². The normalized spacial score (nSPS) is 23.6. The standard InChI is InChI=1S/C25H36F2N4O3/c26-25(27)11-7-19(8-12-25)23(32)30-21(24(33)34)10-15-31-14-9-17(16-31)3-5-20-6-4-18-2-1-13-28-22(18)29-20/h4,6,17,19,21H,1-3,5,7-16H2,(H,28,29)(H,30,32)(H,33,34)/t17-,21-/m1/s1. The van der Waals surface area contributed by atoms with E-state index in [-0.39, 0.29) is 25.7 Å². The largest absolute Gasteiger partial charge is 0.480 e. The fourth-order valence-corrected chi connectivity index (χ4v) is 5.37. The summed E-state index contributed by atoms with van der Waals surface area (Å²) >= 11 is 0. The lowest BCUT2D eigenvalue weighted by atomic mass is 9.86. The highest BCUT2D eigenvalue weighted by Crippen LogP contribution is 2.36. The number of aliphatic carboxylic acids is 1. The Bertz CT molecular complexity index is 872. The van der Waals surface area contributed by atoms with Crippen LogP contribution in [0.4, 0.5) is 14.6 Å². The van der Waals surface area contributed by atoms with Gasteiger partial charge >= 0.3 is 5.97 Å². The van der Waals surface area contributed by atoms with Gasteiger partial charge in [-0.05, 0) is 75.5 Å². The first-order chi connectivity index (χ1) is 16.3. The zero-order chi connectivity index (χ0) is 24.1. The van der Waals surface area contributed by atoms with Crippen molar-refractivity contribution in [3.05, 3.63) is 23.4 Å². The van der Waals surface area contributed by atoms with Gasteiger partial charge in [0, 0.05) is 44.1 Å². The number of pyridine rings is 1. The number of hydrogen-bond acceptors (Lipinski definition) is 5. The lowest BCUT2D eigenvalue weighted by molar-refractivity contribution is -0.143. The number of nitrogens with one attached hydrogen (secondary N) is 2. The SMILES string of the molecule is O=C(N[C@H](CCN1CC[C@@H](CCc2ccc3c(n2)NCCC3)C1)C(=O)O)C1CCC(F)(F)CC1. The molecule has 4 rings (SSSR count). The number of aromatic nitrogens is 1. The Kier molecular flexibility index (Phi) is 8.01. The second kappa shape index (κ2) is 11.0. The van der Waals surface area contributed by atoms with Gasteiger partial charge in [-0.15, -0.1) is 0 Å². The summed E-state index contributed by atoms with van der Waals surface area (Å²) in [6, 6.07) is 3.33. The molecule has 0 bridgehead atoms. The zero-order valence-electron chi connectivity index (χ0n) is 19.7. The molecule has 3 N–H and O–H groups in total. The van der Waals surface area contributed by atoms with Crippen molar-refractivity contribution < 1.29 is 23.5 Å². The molecule has 0 spiro atoms. The predicted octanol–water partition coefficient (Wildman–Crippen LogP) is 3.48. The van der Waals surface area contributed by atoms with Crippen LogP contribution in [0.2, 0.25) is 0 Å². The van der Waals surface area contributed by atoms with Crippen molar-refractivity contribution in [3.63, 3.8) is 0 Å². The summed E-state index contributed by atoms with van der Waals surface area (Å²) in [6.45, 7) is 3.41. The number of rotatable bonds is 9. The smallest absolute Gasteiger partial charge is 0.326 e. The molecule has 3 aliphatic rings. The van der Waals surface area contributed by atoms with Gasteiger partial charge < -0.3 is 20.6 Å². The zero-order valence-corrected chi connectivity index (χ0v) is 19.7. The van der Waals surface area contributed by atoms with Gasteiger partial charge in [0.25, 0.3) is 0 Å². The average molecular weight is 479 g/mol. The summed E-state index contributed by atoms with van der Waals surface area (Å²) in [5.74, 6) is -3.13. The minimum absolute atomic E-state index is 0.105. The number of anilines is 1. The van der Waals surface area contributed by atoms with Crippen molar-refractivity contribution in [2.24, 2.45) is 11.8 Å². The number of alkyl halides is 2. The van der Waals surface area contributed by atoms with E-state index < -0.39 is 29.8 Å². The first-order valence-corrected chi connectivity index (χ1v) is 12.6. The summed E-state index contributed by atoms with van der Waals surface area (Å²) in [6.07, 6.45) is 5.19. The van der Waals surface area contributed by atoms with Crippen molar-refractivity contribution >= 4 is 17.7 Å². The highest BCUT2D eigenvalue weighted by molar-refractivity contribution is 5.85. The molecule has 2 aliphatic heterocycles. The molecule has 188 valence electrons. The highest BCUT2D eigenvalue weighted by Gasteiger charge is 2.38. The maximum absolute atomic E-state index is 13.3. The Hall–Kier alpha value is -2.29. The molecular formula is C25H36F2N4O3. The van der Waals surface area contributed by atoms with Crippen molar-refractivity contribution in [2.45, 2.75) is 76.2 Å². The van der Waals surface area contributed by atoms with Gasteiger partial charge in [0.1, 0.15) is 11.9 Å². The van der Waals surface area contributed by atoms with Crippen molar-refractivity contribution in [1.82, 2.24) is 15.2 Å². The molecule has 1 aliphatic carbocycles. The van der Waals surface area contributed by atoms with Crippen LogP contribution in [0.1, 0.15) is 62.6 Å². The molecule has 1 saturated heterocycles. The van der Waals surface area contributed by atoms with E-state index in [2.05, 4.69) is 27.7 Å². The van der Waals surface area contributed by atoms with Crippen LogP contribution in [0.25, 0.3) is 0 Å². The Morgan fingerprint density at radius 1 is 1.26 bits per heavy atom. The van der Waals surface area contributed by atoms with Gasteiger partial charge in [-0.25, -0.2) is 18.6 Å². The number of carboxylic acids is 1. The van der Waals surface area contributed by atoms with Gasteiger partial charge in [-0.3, -0.25) is 4.79 Å². The van der Waals surface area contributed by atoms with Crippen LogP contribution in [0.15, 0.2) is 12.1 Å². The number of carbonyl (C=O) groups excluding carboxylic acids is 1. The van der Waals surface area contributed by atoms with E-state index in [1.807, 2.05) is 0 Å². The van der Waals surface area contributed by atoms with Crippen LogP contribution in [0.5, 0.6) is 0 Å². The van der Waals surface area contributed by atoms with E-state index in [4.69, 9.17) is 4.98 Å². The minimum atomic E-state index is -2.71. The lowest BCUT2D eigenvalue weighted by Crippen LogP contribution is -2.46. The number of likely N-dealkylation sites (tertiary alicyclic amines) is 1. The summed E-state index contributed by atoms with van der Waals surface area (Å²) in [5.41, 5.74) is 2.41. The number of halogens is 2. The molecule has 2 atom stereocenters. The van der Waals surface area contributed by atoms with Crippen molar-refractivity contribution in [1.29, 1.82) is 0 Å². The fourth-order valence-electron chi connectivity index (χ4n) is 5.37. The molecule has 0 unspecified atom stereocenters. The molecule has 1 aromatic rings. The topological polar surface area (TPSA) is 94.6 Å². The molecule has 1 saturated carbocycles. The third-order valence-corrected chi connectivity index (χ3v) is 7.57. The molecule has 34 heavy (non-hydrogen) atoms. The third kappa shape index (κ3) is 6.64. The van der Waals surface area contributed by atoms with Crippen LogP contribution in [0.3, 0.4) is 0 Å². The van der Waals surface area contributed by atoms with Gasteiger partial charge in [-0.1, -0.05) is 6.07 Å². The summed E-state index contributed by atoms with van der Waals surface area (Å²) in [7, 11) is 0. The maximum atomic E-state index is 13.3. The maximum Gasteiger partial charge on any atom is 0.326 e. The number of aryl methyl sites for hydroxylation is 2. The predicted molar refractivity (Wildman–Crippen MR) is 125 cm³/mol. The molecule has 9 heteroatoms. The third-order valence-electron chi connectivity index (χ3n) is 7.57. The number of carbonyl (C=O) groups is 2. The molecule has 1 amide bonds. The number of hydrogen-bond donors (Lipinski definition) is 3. The Morgan fingerprint density at radius 3 is 2.82 bits per heavy atom. The van der Waals surface area contributed by atoms with E-state index >= 15 is 0 Å².